The fourth-order valence-electron chi connectivity index (χ4n) is 2.14. The SMILES string of the molecule is CCN(Cc1ccccn1)C(=O)Cc1ccc(CN)cc1. The van der Waals surface area contributed by atoms with Crippen molar-refractivity contribution in [3.8, 4) is 0 Å². The maximum Gasteiger partial charge on any atom is 0.227 e. The number of amides is 1. The zero-order valence-electron chi connectivity index (χ0n) is 12.3. The van der Waals surface area contributed by atoms with Gasteiger partial charge in [0.2, 0.25) is 5.91 Å². The van der Waals surface area contributed by atoms with Crippen LogP contribution in [0.15, 0.2) is 48.7 Å². The van der Waals surface area contributed by atoms with Crippen molar-refractivity contribution in [2.24, 2.45) is 5.73 Å². The predicted octanol–water partition coefficient (Wildman–Crippen LogP) is 2.13. The third-order valence-corrected chi connectivity index (χ3v) is 3.43. The highest BCUT2D eigenvalue weighted by atomic mass is 16.2. The number of carbonyl (C=O) groups is 1. The summed E-state index contributed by atoms with van der Waals surface area (Å²) in [6.07, 6.45) is 2.16. The molecule has 0 unspecified atom stereocenters. The van der Waals surface area contributed by atoms with Gasteiger partial charge in [-0.25, -0.2) is 0 Å². The monoisotopic (exact) mass is 283 g/mol. The molecular formula is C17H21N3O. The minimum atomic E-state index is 0.114. The van der Waals surface area contributed by atoms with Crippen LogP contribution in [0.3, 0.4) is 0 Å². The predicted molar refractivity (Wildman–Crippen MR) is 83.4 cm³/mol. The lowest BCUT2D eigenvalue weighted by Gasteiger charge is -2.20. The molecule has 0 spiro atoms. The summed E-state index contributed by atoms with van der Waals surface area (Å²) in [5, 5.41) is 0. The zero-order valence-corrected chi connectivity index (χ0v) is 12.3. The quantitative estimate of drug-likeness (QED) is 0.883. The molecule has 0 aliphatic rings. The van der Waals surface area contributed by atoms with E-state index in [2.05, 4.69) is 4.98 Å². The van der Waals surface area contributed by atoms with Gasteiger partial charge < -0.3 is 10.6 Å². The second-order valence-electron chi connectivity index (χ2n) is 4.93. The van der Waals surface area contributed by atoms with Gasteiger partial charge >= 0.3 is 0 Å². The Labute approximate surface area is 125 Å². The van der Waals surface area contributed by atoms with Gasteiger partial charge in [-0.3, -0.25) is 9.78 Å². The topological polar surface area (TPSA) is 59.2 Å². The summed E-state index contributed by atoms with van der Waals surface area (Å²) in [6, 6.07) is 13.6. The van der Waals surface area contributed by atoms with Crippen LogP contribution in [-0.2, 0) is 24.3 Å². The fourth-order valence-corrected chi connectivity index (χ4v) is 2.14. The van der Waals surface area contributed by atoms with Crippen molar-refractivity contribution < 1.29 is 4.79 Å². The van der Waals surface area contributed by atoms with Crippen LogP contribution in [0.1, 0.15) is 23.7 Å². The summed E-state index contributed by atoms with van der Waals surface area (Å²) in [5.74, 6) is 0.114. The first-order valence-corrected chi connectivity index (χ1v) is 7.18. The Morgan fingerprint density at radius 3 is 2.43 bits per heavy atom. The van der Waals surface area contributed by atoms with E-state index in [4.69, 9.17) is 5.73 Å². The maximum atomic E-state index is 12.4. The first kappa shape index (κ1) is 15.2. The molecule has 1 aromatic heterocycles. The first-order chi connectivity index (χ1) is 10.2. The Bertz CT molecular complexity index is 566. The van der Waals surface area contributed by atoms with Crippen molar-refractivity contribution in [2.75, 3.05) is 6.54 Å². The standard InChI is InChI=1S/C17H21N3O/c1-2-20(13-16-5-3-4-10-19-16)17(21)11-14-6-8-15(12-18)9-7-14/h3-10H,2,11-13,18H2,1H3. The van der Waals surface area contributed by atoms with E-state index in [9.17, 15) is 4.79 Å². The van der Waals surface area contributed by atoms with E-state index in [1.807, 2.05) is 54.3 Å². The first-order valence-electron chi connectivity index (χ1n) is 7.18. The lowest BCUT2D eigenvalue weighted by atomic mass is 10.1. The smallest absolute Gasteiger partial charge is 0.227 e. The lowest BCUT2D eigenvalue weighted by Crippen LogP contribution is -2.31. The molecule has 0 aliphatic carbocycles. The number of hydrogen-bond donors (Lipinski definition) is 1. The Hall–Kier alpha value is -2.20. The van der Waals surface area contributed by atoms with E-state index in [1.54, 1.807) is 6.20 Å². The molecular weight excluding hydrogens is 262 g/mol. The summed E-state index contributed by atoms with van der Waals surface area (Å²) >= 11 is 0. The van der Waals surface area contributed by atoms with Crippen molar-refractivity contribution in [2.45, 2.75) is 26.4 Å². The van der Waals surface area contributed by atoms with Crippen LogP contribution in [0.25, 0.3) is 0 Å². The average molecular weight is 283 g/mol. The largest absolute Gasteiger partial charge is 0.337 e. The lowest BCUT2D eigenvalue weighted by molar-refractivity contribution is -0.130. The minimum absolute atomic E-state index is 0.114. The molecule has 0 radical (unpaired) electrons. The van der Waals surface area contributed by atoms with Gasteiger partial charge in [-0.2, -0.15) is 0 Å². The maximum absolute atomic E-state index is 12.4. The summed E-state index contributed by atoms with van der Waals surface area (Å²) < 4.78 is 0. The van der Waals surface area contributed by atoms with Gasteiger partial charge in [-0.15, -0.1) is 0 Å². The number of rotatable bonds is 6. The number of hydrogen-bond acceptors (Lipinski definition) is 3. The van der Waals surface area contributed by atoms with Crippen LogP contribution in [0.2, 0.25) is 0 Å². The molecule has 2 aromatic rings. The number of likely N-dealkylation sites (N-methyl/N-ethyl adjacent to an activating group) is 1. The third-order valence-electron chi connectivity index (χ3n) is 3.43. The molecule has 110 valence electrons. The average Bonchev–Trinajstić information content (AvgIpc) is 2.54. The molecule has 0 saturated heterocycles. The molecule has 0 atom stereocenters. The van der Waals surface area contributed by atoms with Crippen LogP contribution in [-0.4, -0.2) is 22.3 Å². The highest BCUT2D eigenvalue weighted by Crippen LogP contribution is 2.08. The Balaban J connectivity index is 1.99. The normalized spacial score (nSPS) is 10.4. The molecule has 2 rings (SSSR count). The van der Waals surface area contributed by atoms with E-state index in [0.29, 0.717) is 26.1 Å². The molecule has 4 nitrogen and oxygen atoms in total. The van der Waals surface area contributed by atoms with Crippen LogP contribution in [0.5, 0.6) is 0 Å². The second kappa shape index (κ2) is 7.55. The molecule has 0 bridgehead atoms. The van der Waals surface area contributed by atoms with Crippen molar-refractivity contribution in [3.63, 3.8) is 0 Å². The number of pyridine rings is 1. The molecule has 2 N–H and O–H groups in total. The number of nitrogens with zero attached hydrogens (tertiary/aromatic N) is 2. The van der Waals surface area contributed by atoms with Crippen molar-refractivity contribution in [3.05, 3.63) is 65.5 Å². The van der Waals surface area contributed by atoms with Crippen LogP contribution < -0.4 is 5.73 Å². The van der Waals surface area contributed by atoms with E-state index in [-0.39, 0.29) is 5.91 Å². The summed E-state index contributed by atoms with van der Waals surface area (Å²) in [4.78, 5) is 18.5. The molecule has 4 heteroatoms. The summed E-state index contributed by atoms with van der Waals surface area (Å²) in [5.41, 5.74) is 8.57. The molecule has 0 aliphatic heterocycles. The highest BCUT2D eigenvalue weighted by molar-refractivity contribution is 5.78. The van der Waals surface area contributed by atoms with E-state index >= 15 is 0 Å². The van der Waals surface area contributed by atoms with Gasteiger partial charge in [0.1, 0.15) is 0 Å². The third kappa shape index (κ3) is 4.39. The summed E-state index contributed by atoms with van der Waals surface area (Å²) in [7, 11) is 0. The molecule has 1 aromatic carbocycles. The highest BCUT2D eigenvalue weighted by Gasteiger charge is 2.13. The fraction of sp³-hybridized carbons (Fsp3) is 0.294. The second-order valence-corrected chi connectivity index (χ2v) is 4.93. The Morgan fingerprint density at radius 1 is 1.14 bits per heavy atom. The van der Waals surface area contributed by atoms with Crippen molar-refractivity contribution in [1.29, 1.82) is 0 Å². The van der Waals surface area contributed by atoms with Gasteiger partial charge in [-0.1, -0.05) is 30.3 Å². The van der Waals surface area contributed by atoms with Gasteiger partial charge in [0, 0.05) is 19.3 Å². The number of nitrogens with two attached hydrogens (primary N) is 1. The number of carbonyl (C=O) groups excluding carboxylic acids is 1. The van der Waals surface area contributed by atoms with Gasteiger partial charge in [0.25, 0.3) is 0 Å². The van der Waals surface area contributed by atoms with E-state index < -0.39 is 0 Å². The Morgan fingerprint density at radius 2 is 1.86 bits per heavy atom. The molecule has 1 amide bonds. The van der Waals surface area contributed by atoms with Crippen LogP contribution in [0, 0.1) is 0 Å². The minimum Gasteiger partial charge on any atom is -0.337 e. The van der Waals surface area contributed by atoms with Gasteiger partial charge in [0.05, 0.1) is 18.7 Å². The van der Waals surface area contributed by atoms with Crippen molar-refractivity contribution in [1.82, 2.24) is 9.88 Å². The number of aromatic nitrogens is 1. The van der Waals surface area contributed by atoms with Crippen LogP contribution >= 0.6 is 0 Å². The van der Waals surface area contributed by atoms with Crippen molar-refractivity contribution >= 4 is 5.91 Å². The molecule has 1 heterocycles. The summed E-state index contributed by atoms with van der Waals surface area (Å²) in [6.45, 7) is 3.74. The van der Waals surface area contributed by atoms with Gasteiger partial charge in [0.15, 0.2) is 0 Å². The Kier molecular flexibility index (Phi) is 5.46. The van der Waals surface area contributed by atoms with E-state index in [1.165, 1.54) is 0 Å². The molecule has 0 saturated carbocycles. The van der Waals surface area contributed by atoms with E-state index in [0.717, 1.165) is 16.8 Å². The molecule has 21 heavy (non-hydrogen) atoms. The van der Waals surface area contributed by atoms with Gasteiger partial charge in [-0.05, 0) is 30.2 Å². The molecule has 0 fully saturated rings. The van der Waals surface area contributed by atoms with Crippen LogP contribution in [0.4, 0.5) is 0 Å². The zero-order chi connectivity index (χ0) is 15.1. The number of benzene rings is 1.